The number of ether oxygens (including phenoxy) is 1. The molecule has 0 saturated heterocycles. The summed E-state index contributed by atoms with van der Waals surface area (Å²) in [6.07, 6.45) is 4.39. The predicted octanol–water partition coefficient (Wildman–Crippen LogP) is 7.36. The minimum absolute atomic E-state index is 0.105. The summed E-state index contributed by atoms with van der Waals surface area (Å²) in [5, 5.41) is 0. The molecule has 0 saturated carbocycles. The van der Waals surface area contributed by atoms with E-state index >= 15 is 0 Å². The van der Waals surface area contributed by atoms with E-state index in [2.05, 4.69) is 31.2 Å². The predicted molar refractivity (Wildman–Crippen MR) is 105 cm³/mol. The largest absolute Gasteiger partial charge is 0.490 e. The number of rotatable bonds is 10. The molecule has 27 heavy (non-hydrogen) atoms. The molecule has 0 aromatic heterocycles. The zero-order valence-corrected chi connectivity index (χ0v) is 15.8. The van der Waals surface area contributed by atoms with Gasteiger partial charge in [0, 0.05) is 6.08 Å². The van der Waals surface area contributed by atoms with Crippen LogP contribution in [0.2, 0.25) is 0 Å². The SMILES string of the molecule is CCCCCCCc1ccc(-c2ccc(OC/C=C/C(F)(F)F)cc2)cc1. The Bertz CT molecular complexity index is 685. The highest BCUT2D eigenvalue weighted by atomic mass is 19.4. The Balaban J connectivity index is 1.83. The van der Waals surface area contributed by atoms with E-state index in [0.29, 0.717) is 5.75 Å². The van der Waals surface area contributed by atoms with Crippen LogP contribution >= 0.6 is 0 Å². The van der Waals surface area contributed by atoms with E-state index in [-0.39, 0.29) is 12.7 Å². The molecule has 0 amide bonds. The summed E-state index contributed by atoms with van der Waals surface area (Å²) in [6, 6.07) is 16.0. The first kappa shape index (κ1) is 21.1. The molecule has 2 aromatic rings. The van der Waals surface area contributed by atoms with Crippen molar-refractivity contribution in [3.05, 3.63) is 66.2 Å². The van der Waals surface area contributed by atoms with Crippen molar-refractivity contribution >= 4 is 0 Å². The van der Waals surface area contributed by atoms with E-state index in [9.17, 15) is 13.2 Å². The molecule has 0 aliphatic carbocycles. The molecule has 0 atom stereocenters. The summed E-state index contributed by atoms with van der Waals surface area (Å²) in [4.78, 5) is 0. The lowest BCUT2D eigenvalue weighted by Gasteiger charge is -2.07. The Kier molecular flexibility index (Phi) is 8.43. The lowest BCUT2D eigenvalue weighted by atomic mass is 10.0. The summed E-state index contributed by atoms with van der Waals surface area (Å²) in [5.41, 5.74) is 3.53. The Morgan fingerprint density at radius 2 is 1.41 bits per heavy atom. The highest BCUT2D eigenvalue weighted by Gasteiger charge is 2.21. The summed E-state index contributed by atoms with van der Waals surface area (Å²) in [7, 11) is 0. The fourth-order valence-electron chi connectivity index (χ4n) is 2.87. The van der Waals surface area contributed by atoms with Crippen LogP contribution < -0.4 is 4.74 Å². The van der Waals surface area contributed by atoms with E-state index < -0.39 is 6.18 Å². The second-order valence-electron chi connectivity index (χ2n) is 6.64. The number of halogens is 3. The smallest absolute Gasteiger partial charge is 0.409 e. The van der Waals surface area contributed by atoms with Crippen LogP contribution in [0.4, 0.5) is 13.2 Å². The van der Waals surface area contributed by atoms with Gasteiger partial charge in [-0.1, -0.05) is 69.0 Å². The van der Waals surface area contributed by atoms with Crippen LogP contribution in [0.25, 0.3) is 11.1 Å². The summed E-state index contributed by atoms with van der Waals surface area (Å²) in [6.45, 7) is 2.12. The van der Waals surface area contributed by atoms with Crippen LogP contribution in [0.1, 0.15) is 44.6 Å². The molecular formula is C23H27F3O. The van der Waals surface area contributed by atoms with Gasteiger partial charge in [-0.2, -0.15) is 13.2 Å². The van der Waals surface area contributed by atoms with Gasteiger partial charge in [0.1, 0.15) is 12.4 Å². The number of alkyl halides is 3. The third-order valence-electron chi connectivity index (χ3n) is 4.36. The van der Waals surface area contributed by atoms with Gasteiger partial charge in [-0.3, -0.25) is 0 Å². The van der Waals surface area contributed by atoms with Gasteiger partial charge in [0.05, 0.1) is 0 Å². The molecule has 1 nitrogen and oxygen atoms in total. The Morgan fingerprint density at radius 3 is 2.00 bits per heavy atom. The second kappa shape index (κ2) is 10.8. The van der Waals surface area contributed by atoms with Crippen molar-refractivity contribution in [3.8, 4) is 16.9 Å². The van der Waals surface area contributed by atoms with Gasteiger partial charge >= 0.3 is 6.18 Å². The standard InChI is InChI=1S/C23H27F3O/c1-2-3-4-5-6-8-19-9-11-20(12-10-19)21-13-15-22(16-14-21)27-18-7-17-23(24,25)26/h7,9-17H,2-6,8,18H2,1H3/b17-7+. The van der Waals surface area contributed by atoms with Gasteiger partial charge in [-0.25, -0.2) is 0 Å². The topological polar surface area (TPSA) is 9.23 Å². The Morgan fingerprint density at radius 1 is 0.815 bits per heavy atom. The summed E-state index contributed by atoms with van der Waals surface area (Å²) < 4.78 is 41.4. The molecule has 2 rings (SSSR count). The van der Waals surface area contributed by atoms with Gasteiger partial charge in [0.15, 0.2) is 0 Å². The van der Waals surface area contributed by atoms with E-state index in [1.807, 2.05) is 12.1 Å². The molecule has 0 spiro atoms. The maximum atomic E-state index is 12.0. The molecule has 2 aromatic carbocycles. The van der Waals surface area contributed by atoms with Crippen LogP contribution in [-0.4, -0.2) is 12.8 Å². The van der Waals surface area contributed by atoms with Gasteiger partial charge in [-0.15, -0.1) is 0 Å². The lowest BCUT2D eigenvalue weighted by Crippen LogP contribution is -2.02. The van der Waals surface area contributed by atoms with Crippen molar-refractivity contribution in [1.29, 1.82) is 0 Å². The lowest BCUT2D eigenvalue weighted by molar-refractivity contribution is -0.0801. The van der Waals surface area contributed by atoms with Crippen LogP contribution in [0.5, 0.6) is 5.75 Å². The third-order valence-corrected chi connectivity index (χ3v) is 4.36. The van der Waals surface area contributed by atoms with Crippen LogP contribution in [0.15, 0.2) is 60.7 Å². The number of hydrogen-bond donors (Lipinski definition) is 0. The number of allylic oxidation sites excluding steroid dienone is 1. The van der Waals surface area contributed by atoms with Crippen molar-refractivity contribution in [1.82, 2.24) is 0 Å². The number of benzene rings is 2. The van der Waals surface area contributed by atoms with Gasteiger partial charge in [0.25, 0.3) is 0 Å². The average Bonchev–Trinajstić information content (AvgIpc) is 2.65. The van der Waals surface area contributed by atoms with E-state index in [0.717, 1.165) is 23.6 Å². The molecule has 0 fully saturated rings. The fraction of sp³-hybridized carbons (Fsp3) is 0.391. The third kappa shape index (κ3) is 8.33. The Labute approximate surface area is 159 Å². The second-order valence-corrected chi connectivity index (χ2v) is 6.64. The number of unbranched alkanes of at least 4 members (excludes halogenated alkanes) is 4. The quantitative estimate of drug-likeness (QED) is 0.311. The van der Waals surface area contributed by atoms with E-state index in [4.69, 9.17) is 4.74 Å². The van der Waals surface area contributed by atoms with Crippen molar-refractivity contribution in [2.45, 2.75) is 51.6 Å². The molecule has 0 bridgehead atoms. The zero-order chi connectivity index (χ0) is 19.5. The first-order valence-electron chi connectivity index (χ1n) is 9.54. The maximum absolute atomic E-state index is 12.0. The summed E-state index contributed by atoms with van der Waals surface area (Å²) >= 11 is 0. The van der Waals surface area contributed by atoms with Crippen molar-refractivity contribution in [2.75, 3.05) is 6.61 Å². The zero-order valence-electron chi connectivity index (χ0n) is 15.8. The molecule has 0 unspecified atom stereocenters. The van der Waals surface area contributed by atoms with Crippen LogP contribution in [0.3, 0.4) is 0 Å². The highest BCUT2D eigenvalue weighted by Crippen LogP contribution is 2.23. The molecule has 0 radical (unpaired) electrons. The maximum Gasteiger partial charge on any atom is 0.409 e. The van der Waals surface area contributed by atoms with Crippen molar-refractivity contribution in [3.63, 3.8) is 0 Å². The van der Waals surface area contributed by atoms with E-state index in [1.165, 1.54) is 37.7 Å². The average molecular weight is 376 g/mol. The molecule has 0 aliphatic heterocycles. The Hall–Kier alpha value is -2.23. The monoisotopic (exact) mass is 376 g/mol. The van der Waals surface area contributed by atoms with Gasteiger partial charge in [0.2, 0.25) is 0 Å². The molecular weight excluding hydrogens is 349 g/mol. The molecule has 0 heterocycles. The molecule has 0 aliphatic rings. The van der Waals surface area contributed by atoms with Crippen molar-refractivity contribution in [2.24, 2.45) is 0 Å². The molecule has 0 N–H and O–H groups in total. The number of hydrogen-bond acceptors (Lipinski definition) is 1. The first-order valence-corrected chi connectivity index (χ1v) is 9.54. The fourth-order valence-corrected chi connectivity index (χ4v) is 2.87. The highest BCUT2D eigenvalue weighted by molar-refractivity contribution is 5.64. The normalized spacial score (nSPS) is 11.9. The minimum atomic E-state index is -4.30. The van der Waals surface area contributed by atoms with Crippen LogP contribution in [-0.2, 0) is 6.42 Å². The van der Waals surface area contributed by atoms with Gasteiger partial charge in [-0.05, 0) is 47.7 Å². The first-order chi connectivity index (χ1) is 13.0. The van der Waals surface area contributed by atoms with E-state index in [1.54, 1.807) is 12.1 Å². The summed E-state index contributed by atoms with van der Waals surface area (Å²) in [5.74, 6) is 0.550. The molecule has 4 heteroatoms. The number of aryl methyl sites for hydroxylation is 1. The molecule has 146 valence electrons. The minimum Gasteiger partial charge on any atom is -0.490 e. The van der Waals surface area contributed by atoms with Crippen molar-refractivity contribution < 1.29 is 17.9 Å². The van der Waals surface area contributed by atoms with Gasteiger partial charge < -0.3 is 4.74 Å². The van der Waals surface area contributed by atoms with Crippen LogP contribution in [0, 0.1) is 0 Å².